The van der Waals surface area contributed by atoms with Crippen molar-refractivity contribution in [3.8, 4) is 16.4 Å². The number of aromatic nitrogens is 3. The fourth-order valence-corrected chi connectivity index (χ4v) is 5.94. The fraction of sp³-hybridized carbons (Fsp3) is 0.207. The monoisotopic (exact) mass is 578 g/mol. The van der Waals surface area contributed by atoms with E-state index in [0.717, 1.165) is 40.8 Å². The Morgan fingerprint density at radius 1 is 1.27 bits per heavy atom. The zero-order valence-corrected chi connectivity index (χ0v) is 23.3. The molecule has 0 amide bonds. The van der Waals surface area contributed by atoms with Gasteiger partial charge in [-0.1, -0.05) is 43.0 Å². The van der Waals surface area contributed by atoms with E-state index >= 15 is 0 Å². The van der Waals surface area contributed by atoms with Crippen molar-refractivity contribution in [3.63, 3.8) is 0 Å². The first kappa shape index (κ1) is 27.6. The summed E-state index contributed by atoms with van der Waals surface area (Å²) in [6.45, 7) is 6.05. The summed E-state index contributed by atoms with van der Waals surface area (Å²) in [5.41, 5.74) is 5.36. The minimum Gasteiger partial charge on any atom is -0.476 e. The van der Waals surface area contributed by atoms with Gasteiger partial charge in [0.25, 0.3) is 0 Å². The van der Waals surface area contributed by atoms with Crippen molar-refractivity contribution in [2.24, 2.45) is 11.1 Å². The van der Waals surface area contributed by atoms with E-state index in [2.05, 4.69) is 11.6 Å². The maximum Gasteiger partial charge on any atom is 0.355 e. The summed E-state index contributed by atoms with van der Waals surface area (Å²) in [5, 5.41) is 21.4. The number of nitrogens with zero attached hydrogens (tertiary/aromatic N) is 3. The van der Waals surface area contributed by atoms with Crippen molar-refractivity contribution in [2.45, 2.75) is 37.5 Å². The standard InChI is InChI=1S/C29H27FN4O4S2/c1-3-5-17(2)20-6-4-7-21(15-20)27-22(12-19-10-11-26(23(30)13-19)40(31,37)38)25(14-18-8-9-18)34(33-27)29-32-24(16-39-29)28(35)36/h3-7,10-11,13,15-16,18H,2,8-9,12,14H2,1H3,(H,35,36)(H2,31,37,38)/b5-3-. The predicted octanol–water partition coefficient (Wildman–Crippen LogP) is 5.61. The van der Waals surface area contributed by atoms with Gasteiger partial charge in [-0.25, -0.2) is 32.4 Å². The molecule has 8 nitrogen and oxygen atoms in total. The molecule has 2 aromatic carbocycles. The highest BCUT2D eigenvalue weighted by atomic mass is 32.2. The van der Waals surface area contributed by atoms with Gasteiger partial charge in [0, 0.05) is 22.9 Å². The Kier molecular flexibility index (Phi) is 7.54. The number of nitrogens with two attached hydrogens (primary N) is 1. The van der Waals surface area contributed by atoms with Crippen LogP contribution in [0, 0.1) is 11.7 Å². The third-order valence-corrected chi connectivity index (χ3v) is 8.48. The number of thiazole rings is 1. The highest BCUT2D eigenvalue weighted by Crippen LogP contribution is 2.38. The van der Waals surface area contributed by atoms with E-state index in [0.29, 0.717) is 28.7 Å². The summed E-state index contributed by atoms with van der Waals surface area (Å²) in [6.07, 6.45) is 6.90. The third-order valence-electron chi connectivity index (χ3n) is 6.72. The average Bonchev–Trinajstić information content (AvgIpc) is 3.46. The number of sulfonamides is 1. The molecule has 0 saturated heterocycles. The molecule has 40 heavy (non-hydrogen) atoms. The van der Waals surface area contributed by atoms with Crippen molar-refractivity contribution >= 4 is 32.9 Å². The van der Waals surface area contributed by atoms with E-state index in [4.69, 9.17) is 10.2 Å². The van der Waals surface area contributed by atoms with Crippen molar-refractivity contribution in [1.82, 2.24) is 14.8 Å². The van der Waals surface area contributed by atoms with Crippen LogP contribution in [0.1, 0.15) is 52.6 Å². The van der Waals surface area contributed by atoms with Crippen LogP contribution in [0.4, 0.5) is 4.39 Å². The summed E-state index contributed by atoms with van der Waals surface area (Å²) in [5.74, 6) is -1.60. The summed E-state index contributed by atoms with van der Waals surface area (Å²) in [4.78, 5) is 15.3. The maximum absolute atomic E-state index is 14.8. The number of allylic oxidation sites excluding steroid dienone is 3. The van der Waals surface area contributed by atoms with E-state index in [1.54, 1.807) is 10.7 Å². The van der Waals surface area contributed by atoms with Crippen molar-refractivity contribution in [2.75, 3.05) is 0 Å². The van der Waals surface area contributed by atoms with Crippen LogP contribution in [0.5, 0.6) is 0 Å². The Hall–Kier alpha value is -3.93. The minimum absolute atomic E-state index is 0.0683. The lowest BCUT2D eigenvalue weighted by atomic mass is 9.95. The quantitative estimate of drug-likeness (QED) is 0.235. The molecule has 1 aliphatic carbocycles. The molecular formula is C29H27FN4O4S2. The first-order valence-electron chi connectivity index (χ1n) is 12.6. The van der Waals surface area contributed by atoms with Gasteiger partial charge in [0.05, 0.1) is 11.4 Å². The first-order chi connectivity index (χ1) is 19.0. The zero-order valence-electron chi connectivity index (χ0n) is 21.7. The lowest BCUT2D eigenvalue weighted by Gasteiger charge is -2.10. The van der Waals surface area contributed by atoms with Gasteiger partial charge in [-0.05, 0) is 67.0 Å². The topological polar surface area (TPSA) is 128 Å². The molecule has 3 N–H and O–H groups in total. The third kappa shape index (κ3) is 5.81. The maximum atomic E-state index is 14.8. The largest absolute Gasteiger partial charge is 0.476 e. The lowest BCUT2D eigenvalue weighted by molar-refractivity contribution is 0.0691. The molecule has 1 saturated carbocycles. The SMILES string of the molecule is C=C(/C=C\C)c1cccc(-c2nn(-c3nc(C(=O)O)cs3)c(CC3CC3)c2Cc2ccc(S(N)(=O)=O)c(F)c2)c1. The molecule has 0 unspecified atom stereocenters. The van der Waals surface area contributed by atoms with Crippen LogP contribution in [0.2, 0.25) is 0 Å². The smallest absolute Gasteiger partial charge is 0.355 e. The molecule has 2 heterocycles. The zero-order chi connectivity index (χ0) is 28.6. The van der Waals surface area contributed by atoms with E-state index in [1.807, 2.05) is 43.3 Å². The number of carbonyl (C=O) groups is 1. The van der Waals surface area contributed by atoms with Crippen LogP contribution in [0.3, 0.4) is 0 Å². The Bertz CT molecular complexity index is 1770. The molecular weight excluding hydrogens is 551 g/mol. The molecule has 11 heteroatoms. The predicted molar refractivity (Wildman–Crippen MR) is 152 cm³/mol. The van der Waals surface area contributed by atoms with Crippen molar-refractivity contribution in [1.29, 1.82) is 0 Å². The summed E-state index contributed by atoms with van der Waals surface area (Å²) < 4.78 is 40.0. The second kappa shape index (κ2) is 10.9. The number of halogens is 1. The van der Waals surface area contributed by atoms with Crippen molar-refractivity contribution < 1.29 is 22.7 Å². The van der Waals surface area contributed by atoms with Crippen LogP contribution in [-0.2, 0) is 22.9 Å². The van der Waals surface area contributed by atoms with E-state index < -0.39 is 26.7 Å². The molecule has 1 fully saturated rings. The Labute approximate surface area is 235 Å². The van der Waals surface area contributed by atoms with Gasteiger partial charge in [0.2, 0.25) is 15.2 Å². The summed E-state index contributed by atoms with van der Waals surface area (Å²) in [6, 6.07) is 11.7. The summed E-state index contributed by atoms with van der Waals surface area (Å²) in [7, 11) is -4.20. The van der Waals surface area contributed by atoms with Gasteiger partial charge in [-0.15, -0.1) is 11.3 Å². The first-order valence-corrected chi connectivity index (χ1v) is 15.0. The van der Waals surface area contributed by atoms with Gasteiger partial charge in [0.1, 0.15) is 10.7 Å². The van der Waals surface area contributed by atoms with Crippen LogP contribution in [0.25, 0.3) is 22.0 Å². The number of aromatic carboxylic acids is 1. The highest BCUT2D eigenvalue weighted by molar-refractivity contribution is 7.89. The number of carboxylic acids is 1. The normalized spacial score (nSPS) is 13.7. The average molecular weight is 579 g/mol. The molecule has 0 spiro atoms. The Balaban J connectivity index is 1.69. The number of carboxylic acid groups (broad SMARTS) is 1. The van der Waals surface area contributed by atoms with Gasteiger partial charge < -0.3 is 5.11 Å². The Morgan fingerprint density at radius 3 is 2.67 bits per heavy atom. The number of benzene rings is 2. The van der Waals surface area contributed by atoms with Gasteiger partial charge >= 0.3 is 5.97 Å². The van der Waals surface area contributed by atoms with E-state index in [9.17, 15) is 22.7 Å². The second-order valence-corrected chi connectivity index (χ2v) is 12.1. The number of rotatable bonds is 10. The lowest BCUT2D eigenvalue weighted by Crippen LogP contribution is -2.14. The highest BCUT2D eigenvalue weighted by Gasteiger charge is 2.29. The number of primary sulfonamides is 1. The van der Waals surface area contributed by atoms with Gasteiger partial charge in [0.15, 0.2) is 5.69 Å². The molecule has 1 aliphatic rings. The van der Waals surface area contributed by atoms with Crippen LogP contribution < -0.4 is 5.14 Å². The second-order valence-electron chi connectivity index (χ2n) is 9.75. The van der Waals surface area contributed by atoms with E-state index in [-0.39, 0.29) is 12.1 Å². The molecule has 5 rings (SSSR count). The number of hydrogen-bond donors (Lipinski definition) is 2. The van der Waals surface area contributed by atoms with Crippen LogP contribution >= 0.6 is 11.3 Å². The molecule has 0 aliphatic heterocycles. The van der Waals surface area contributed by atoms with Crippen molar-refractivity contribution in [3.05, 3.63) is 100 Å². The van der Waals surface area contributed by atoms with Gasteiger partial charge in [-0.2, -0.15) is 5.10 Å². The molecule has 0 radical (unpaired) electrons. The molecule has 2 aromatic heterocycles. The summed E-state index contributed by atoms with van der Waals surface area (Å²) >= 11 is 1.18. The van der Waals surface area contributed by atoms with E-state index in [1.165, 1.54) is 28.8 Å². The Morgan fingerprint density at radius 2 is 2.05 bits per heavy atom. The fourth-order valence-electron chi connectivity index (χ4n) is 4.58. The minimum atomic E-state index is -4.20. The van der Waals surface area contributed by atoms with Gasteiger partial charge in [-0.3, -0.25) is 0 Å². The molecule has 0 atom stereocenters. The number of hydrogen-bond acceptors (Lipinski definition) is 6. The van der Waals surface area contributed by atoms with Crippen LogP contribution in [0.15, 0.2) is 71.5 Å². The van der Waals surface area contributed by atoms with Crippen LogP contribution in [-0.4, -0.2) is 34.3 Å². The molecule has 0 bridgehead atoms. The molecule has 4 aromatic rings. The molecule has 206 valence electrons.